The van der Waals surface area contributed by atoms with Gasteiger partial charge in [-0.1, -0.05) is 17.7 Å². The first-order valence-corrected chi connectivity index (χ1v) is 5.03. The second-order valence-electron chi connectivity index (χ2n) is 4.05. The molecule has 0 aromatic heterocycles. The van der Waals surface area contributed by atoms with Crippen molar-refractivity contribution in [3.63, 3.8) is 0 Å². The van der Waals surface area contributed by atoms with E-state index in [0.29, 0.717) is 0 Å². The topological polar surface area (TPSA) is 26.0 Å². The minimum Gasteiger partial charge on any atom is -0.324 e. The van der Waals surface area contributed by atoms with Gasteiger partial charge in [0.05, 0.1) is 0 Å². The number of hydrogen-bond donors (Lipinski definition) is 1. The first-order chi connectivity index (χ1) is 6.91. The fourth-order valence-corrected chi connectivity index (χ4v) is 2.09. The zero-order valence-corrected chi connectivity index (χ0v) is 10.6. The third-order valence-corrected chi connectivity index (χ3v) is 2.54. The summed E-state index contributed by atoms with van der Waals surface area (Å²) in [5.74, 6) is 0. The molecule has 0 unspecified atom stereocenters. The van der Waals surface area contributed by atoms with Crippen LogP contribution in [0.25, 0.3) is 0 Å². The van der Waals surface area contributed by atoms with Crippen LogP contribution in [-0.2, 0) is 0 Å². The van der Waals surface area contributed by atoms with Crippen molar-refractivity contribution < 1.29 is 8.78 Å². The van der Waals surface area contributed by atoms with Crippen LogP contribution in [0.1, 0.15) is 34.7 Å². The molecule has 4 heteroatoms. The van der Waals surface area contributed by atoms with E-state index in [1.807, 2.05) is 32.9 Å². The molecule has 0 radical (unpaired) electrons. The quantitative estimate of drug-likeness (QED) is 0.869. The molecule has 0 amide bonds. The first kappa shape index (κ1) is 15.3. The summed E-state index contributed by atoms with van der Waals surface area (Å²) in [5, 5.41) is 0. The summed E-state index contributed by atoms with van der Waals surface area (Å²) < 4.78 is 24.5. The number of halogens is 3. The van der Waals surface area contributed by atoms with E-state index in [4.69, 9.17) is 5.73 Å². The second kappa shape index (κ2) is 6.16. The Morgan fingerprint density at radius 3 is 1.94 bits per heavy atom. The van der Waals surface area contributed by atoms with E-state index in [-0.39, 0.29) is 18.8 Å². The molecule has 0 aliphatic carbocycles. The number of hydrogen-bond acceptors (Lipinski definition) is 1. The maximum absolute atomic E-state index is 12.2. The van der Waals surface area contributed by atoms with Gasteiger partial charge in [-0.05, 0) is 37.5 Å². The van der Waals surface area contributed by atoms with Crippen LogP contribution in [0, 0.1) is 20.8 Å². The van der Waals surface area contributed by atoms with Crippen LogP contribution in [0.2, 0.25) is 0 Å². The molecule has 16 heavy (non-hydrogen) atoms. The summed E-state index contributed by atoms with van der Waals surface area (Å²) in [4.78, 5) is 0. The average molecular weight is 250 g/mol. The third kappa shape index (κ3) is 3.72. The fourth-order valence-electron chi connectivity index (χ4n) is 2.09. The van der Waals surface area contributed by atoms with Crippen LogP contribution in [0.5, 0.6) is 0 Å². The van der Waals surface area contributed by atoms with Crippen LogP contribution in [0.15, 0.2) is 12.1 Å². The van der Waals surface area contributed by atoms with E-state index in [1.165, 1.54) is 0 Å². The molecule has 92 valence electrons. The Kier molecular flexibility index (Phi) is 5.90. The molecule has 0 spiro atoms. The van der Waals surface area contributed by atoms with Crippen molar-refractivity contribution in [1.29, 1.82) is 0 Å². The normalized spacial score (nSPS) is 12.4. The molecule has 0 fully saturated rings. The summed E-state index contributed by atoms with van der Waals surface area (Å²) in [5.41, 5.74) is 9.77. The number of rotatable bonds is 3. The largest absolute Gasteiger partial charge is 0.324 e. The van der Waals surface area contributed by atoms with E-state index in [1.54, 1.807) is 0 Å². The zero-order valence-electron chi connectivity index (χ0n) is 9.76. The predicted molar refractivity (Wildman–Crippen MR) is 65.5 cm³/mol. The van der Waals surface area contributed by atoms with Gasteiger partial charge in [0.15, 0.2) is 0 Å². The molecule has 1 aromatic carbocycles. The Bertz CT molecular complexity index is 330. The highest BCUT2D eigenvalue weighted by molar-refractivity contribution is 5.85. The molecule has 2 N–H and O–H groups in total. The van der Waals surface area contributed by atoms with Gasteiger partial charge in [-0.25, -0.2) is 8.78 Å². The fraction of sp³-hybridized carbons (Fsp3) is 0.500. The highest BCUT2D eigenvalue weighted by Gasteiger charge is 2.16. The first-order valence-electron chi connectivity index (χ1n) is 5.03. The number of benzene rings is 1. The van der Waals surface area contributed by atoms with E-state index in [2.05, 4.69) is 0 Å². The Balaban J connectivity index is 0.00000225. The predicted octanol–water partition coefficient (Wildman–Crippen LogP) is 3.69. The summed E-state index contributed by atoms with van der Waals surface area (Å²) in [6.07, 6.45) is -2.62. The summed E-state index contributed by atoms with van der Waals surface area (Å²) in [6.45, 7) is 5.82. The molecule has 1 rings (SSSR count). The van der Waals surface area contributed by atoms with Crippen LogP contribution >= 0.6 is 12.4 Å². The second-order valence-corrected chi connectivity index (χ2v) is 4.05. The van der Waals surface area contributed by atoms with Crippen molar-refractivity contribution in [1.82, 2.24) is 0 Å². The number of aryl methyl sites for hydroxylation is 3. The van der Waals surface area contributed by atoms with Gasteiger partial charge in [-0.15, -0.1) is 12.4 Å². The minimum absolute atomic E-state index is 0. The van der Waals surface area contributed by atoms with Gasteiger partial charge < -0.3 is 5.73 Å². The molecule has 0 saturated carbocycles. The van der Waals surface area contributed by atoms with Gasteiger partial charge in [-0.2, -0.15) is 0 Å². The van der Waals surface area contributed by atoms with Crippen LogP contribution in [-0.4, -0.2) is 6.43 Å². The molecular weight excluding hydrogens is 232 g/mol. The standard InChI is InChI=1S/C12H17F2N.ClH/c1-7-4-8(2)12(9(3)5-7)10(15)6-11(13)14;/h4-5,10-11H,6,15H2,1-3H3;1H/t10-;/m1./s1. The van der Waals surface area contributed by atoms with Crippen molar-refractivity contribution in [2.45, 2.75) is 39.7 Å². The molecule has 0 bridgehead atoms. The zero-order chi connectivity index (χ0) is 11.6. The highest BCUT2D eigenvalue weighted by Crippen LogP contribution is 2.25. The summed E-state index contributed by atoms with van der Waals surface area (Å²) in [7, 11) is 0. The number of alkyl halides is 2. The lowest BCUT2D eigenvalue weighted by molar-refractivity contribution is 0.128. The molecule has 1 aromatic rings. The number of nitrogens with two attached hydrogens (primary N) is 1. The van der Waals surface area contributed by atoms with Gasteiger partial charge in [0, 0.05) is 12.5 Å². The van der Waals surface area contributed by atoms with Crippen molar-refractivity contribution in [3.8, 4) is 0 Å². The Morgan fingerprint density at radius 1 is 1.12 bits per heavy atom. The van der Waals surface area contributed by atoms with Crippen molar-refractivity contribution in [2.75, 3.05) is 0 Å². The lowest BCUT2D eigenvalue weighted by Gasteiger charge is -2.18. The molecule has 0 heterocycles. The van der Waals surface area contributed by atoms with Gasteiger partial charge in [0.1, 0.15) is 0 Å². The molecule has 0 aliphatic rings. The Hall–Kier alpha value is -0.670. The van der Waals surface area contributed by atoms with Crippen molar-refractivity contribution >= 4 is 12.4 Å². The smallest absolute Gasteiger partial charge is 0.240 e. The van der Waals surface area contributed by atoms with Gasteiger partial charge in [-0.3, -0.25) is 0 Å². The van der Waals surface area contributed by atoms with Crippen LogP contribution < -0.4 is 5.73 Å². The lowest BCUT2D eigenvalue weighted by Crippen LogP contribution is -2.16. The summed E-state index contributed by atoms with van der Waals surface area (Å²) >= 11 is 0. The monoisotopic (exact) mass is 249 g/mol. The Labute approximate surface area is 101 Å². The Morgan fingerprint density at radius 2 is 1.56 bits per heavy atom. The lowest BCUT2D eigenvalue weighted by atomic mass is 9.93. The summed E-state index contributed by atoms with van der Waals surface area (Å²) in [6, 6.07) is 3.40. The van der Waals surface area contributed by atoms with Gasteiger partial charge in [0.25, 0.3) is 0 Å². The average Bonchev–Trinajstić information content (AvgIpc) is 1.99. The van der Waals surface area contributed by atoms with Crippen LogP contribution in [0.3, 0.4) is 0 Å². The maximum atomic E-state index is 12.2. The molecule has 0 saturated heterocycles. The molecule has 1 atom stereocenters. The van der Waals surface area contributed by atoms with Gasteiger partial charge in [0.2, 0.25) is 6.43 Å². The highest BCUT2D eigenvalue weighted by atomic mass is 35.5. The minimum atomic E-state index is -2.35. The van der Waals surface area contributed by atoms with Crippen molar-refractivity contribution in [2.24, 2.45) is 5.73 Å². The maximum Gasteiger partial charge on any atom is 0.240 e. The van der Waals surface area contributed by atoms with E-state index in [9.17, 15) is 8.78 Å². The van der Waals surface area contributed by atoms with Crippen molar-refractivity contribution in [3.05, 3.63) is 34.4 Å². The third-order valence-electron chi connectivity index (χ3n) is 2.54. The van der Waals surface area contributed by atoms with E-state index < -0.39 is 12.5 Å². The van der Waals surface area contributed by atoms with Crippen LogP contribution in [0.4, 0.5) is 8.78 Å². The molecular formula is C12H18ClF2N. The molecule has 1 nitrogen and oxygen atoms in total. The SMILES string of the molecule is Cc1cc(C)c([C@H](N)CC(F)F)c(C)c1.Cl. The van der Waals surface area contributed by atoms with E-state index >= 15 is 0 Å². The van der Waals surface area contributed by atoms with Gasteiger partial charge >= 0.3 is 0 Å². The molecule has 0 aliphatic heterocycles. The van der Waals surface area contributed by atoms with E-state index in [0.717, 1.165) is 22.3 Å².